The summed E-state index contributed by atoms with van der Waals surface area (Å²) in [6.45, 7) is 0. The molecule has 2 rings (SSSR count). The fourth-order valence-electron chi connectivity index (χ4n) is 1.92. The summed E-state index contributed by atoms with van der Waals surface area (Å²) in [4.78, 5) is 10.5. The molecule has 3 nitrogen and oxygen atoms in total. The third kappa shape index (κ3) is 5.99. The minimum atomic E-state index is -1.07. The van der Waals surface area contributed by atoms with Crippen molar-refractivity contribution in [1.82, 2.24) is 0 Å². The van der Waals surface area contributed by atoms with Gasteiger partial charge in [0, 0.05) is 12.0 Å². The zero-order valence-electron chi connectivity index (χ0n) is 12.8. The molecule has 0 heterocycles. The number of benzene rings is 2. The monoisotopic (exact) mass is 305 g/mol. The summed E-state index contributed by atoms with van der Waals surface area (Å²) in [7, 11) is 0. The summed E-state index contributed by atoms with van der Waals surface area (Å²) in [5.41, 5.74) is 7.45. The van der Waals surface area contributed by atoms with Gasteiger partial charge in [0.05, 0.1) is 11.3 Å². The summed E-state index contributed by atoms with van der Waals surface area (Å²) < 4.78 is 0. The molecule has 0 saturated carbocycles. The van der Waals surface area contributed by atoms with E-state index < -0.39 is 5.97 Å². The number of carboxylic acid groups (broad SMARTS) is 1. The van der Waals surface area contributed by atoms with Gasteiger partial charge in [-0.15, -0.1) is 18.8 Å². The summed E-state index contributed by atoms with van der Waals surface area (Å²) in [5, 5.41) is 8.64. The van der Waals surface area contributed by atoms with E-state index in [0.717, 1.165) is 19.3 Å². The maximum atomic E-state index is 10.5. The summed E-state index contributed by atoms with van der Waals surface area (Å²) in [5.74, 6) is 3.87. The molecule has 0 unspecified atom stereocenters. The predicted octanol–water partition coefficient (Wildman–Crippen LogP) is 3.59. The van der Waals surface area contributed by atoms with Gasteiger partial charge >= 0.3 is 5.97 Å². The van der Waals surface area contributed by atoms with Crippen molar-refractivity contribution in [2.75, 3.05) is 5.73 Å². The van der Waals surface area contributed by atoms with Gasteiger partial charge in [-0.3, -0.25) is 0 Å². The van der Waals surface area contributed by atoms with E-state index in [1.165, 1.54) is 11.6 Å². The number of aromatic carboxylic acids is 1. The molecule has 0 spiro atoms. The van der Waals surface area contributed by atoms with Crippen LogP contribution in [0.25, 0.3) is 0 Å². The first-order chi connectivity index (χ1) is 11.1. The summed E-state index contributed by atoms with van der Waals surface area (Å²) in [6, 6.07) is 15.0. The molecule has 116 valence electrons. The first-order valence-electron chi connectivity index (χ1n) is 7.16. The van der Waals surface area contributed by atoms with Crippen molar-refractivity contribution in [3.8, 4) is 24.7 Å². The molecule has 0 aliphatic heterocycles. The van der Waals surface area contributed by atoms with Crippen LogP contribution >= 0.6 is 0 Å². The molecule has 0 aliphatic carbocycles. The number of anilines is 1. The number of nitrogen functional groups attached to an aromatic ring is 1. The van der Waals surface area contributed by atoms with Gasteiger partial charge in [0.15, 0.2) is 0 Å². The number of para-hydroxylation sites is 1. The molecule has 0 aliphatic rings. The minimum absolute atomic E-state index is 0.0467. The number of terminal acetylenes is 2. The van der Waals surface area contributed by atoms with E-state index in [1.807, 2.05) is 6.07 Å². The normalized spacial score (nSPS) is 8.96. The van der Waals surface area contributed by atoms with E-state index in [0.29, 0.717) is 5.56 Å². The lowest BCUT2D eigenvalue weighted by atomic mass is 10.1. The Kier molecular flexibility index (Phi) is 7.55. The zero-order valence-corrected chi connectivity index (χ0v) is 12.8. The highest BCUT2D eigenvalue weighted by molar-refractivity contribution is 5.95. The maximum Gasteiger partial charge on any atom is 0.337 e. The van der Waals surface area contributed by atoms with Crippen molar-refractivity contribution in [2.24, 2.45) is 0 Å². The van der Waals surface area contributed by atoms with Gasteiger partial charge in [-0.05, 0) is 30.5 Å². The van der Waals surface area contributed by atoms with Crippen LogP contribution in [0, 0.1) is 24.7 Å². The number of carboxylic acids is 1. The quantitative estimate of drug-likeness (QED) is 0.515. The van der Waals surface area contributed by atoms with E-state index in [-0.39, 0.29) is 11.3 Å². The van der Waals surface area contributed by atoms with Crippen molar-refractivity contribution >= 4 is 11.7 Å². The predicted molar refractivity (Wildman–Crippen MR) is 94.0 cm³/mol. The Morgan fingerprint density at radius 1 is 1.09 bits per heavy atom. The van der Waals surface area contributed by atoms with Crippen LogP contribution in [-0.2, 0) is 6.42 Å². The van der Waals surface area contributed by atoms with Gasteiger partial charge in [-0.1, -0.05) is 42.3 Å². The number of nitrogens with two attached hydrogens (primary N) is 1. The maximum absolute atomic E-state index is 10.5. The fraction of sp³-hybridized carbons (Fsp3) is 0.150. The van der Waals surface area contributed by atoms with Crippen molar-refractivity contribution in [2.45, 2.75) is 19.3 Å². The highest BCUT2D eigenvalue weighted by Crippen LogP contribution is 2.15. The molecule has 2 aromatic rings. The van der Waals surface area contributed by atoms with Crippen LogP contribution in [-0.4, -0.2) is 11.1 Å². The molecule has 0 aromatic heterocycles. The van der Waals surface area contributed by atoms with Gasteiger partial charge in [-0.25, -0.2) is 4.79 Å². The summed E-state index contributed by atoms with van der Waals surface area (Å²) in [6.07, 6.45) is 13.3. The van der Waals surface area contributed by atoms with Gasteiger partial charge in [0.1, 0.15) is 0 Å². The van der Waals surface area contributed by atoms with E-state index in [4.69, 9.17) is 23.7 Å². The van der Waals surface area contributed by atoms with Crippen LogP contribution in [0.1, 0.15) is 34.3 Å². The molecular weight excluding hydrogens is 286 g/mol. The average molecular weight is 305 g/mol. The highest BCUT2D eigenvalue weighted by Gasteiger charge is 2.08. The topological polar surface area (TPSA) is 63.3 Å². The Labute approximate surface area is 137 Å². The van der Waals surface area contributed by atoms with Gasteiger partial charge in [0.25, 0.3) is 0 Å². The number of rotatable bonds is 4. The molecule has 0 fully saturated rings. The van der Waals surface area contributed by atoms with Crippen LogP contribution in [0.3, 0.4) is 0 Å². The van der Waals surface area contributed by atoms with E-state index in [1.54, 1.807) is 12.1 Å². The molecule has 2 aromatic carbocycles. The zero-order chi connectivity index (χ0) is 17.1. The SMILES string of the molecule is C#CCCCc1ccccc1.C#Cc1cccc(C(=O)O)c1N. The molecule has 0 atom stereocenters. The Hall–Kier alpha value is -3.17. The number of hydrogen-bond donors (Lipinski definition) is 2. The second-order valence-electron chi connectivity index (χ2n) is 4.76. The van der Waals surface area contributed by atoms with Gasteiger partial charge in [-0.2, -0.15) is 0 Å². The second-order valence-corrected chi connectivity index (χ2v) is 4.76. The molecule has 0 amide bonds. The van der Waals surface area contributed by atoms with Gasteiger partial charge in [0.2, 0.25) is 0 Å². The minimum Gasteiger partial charge on any atom is -0.478 e. The Bertz CT molecular complexity index is 722. The first kappa shape index (κ1) is 17.9. The lowest BCUT2D eigenvalue weighted by Crippen LogP contribution is -2.03. The summed E-state index contributed by atoms with van der Waals surface area (Å²) >= 11 is 0. The first-order valence-corrected chi connectivity index (χ1v) is 7.16. The van der Waals surface area contributed by atoms with Crippen molar-refractivity contribution in [3.05, 3.63) is 65.2 Å². The van der Waals surface area contributed by atoms with Crippen molar-refractivity contribution in [3.63, 3.8) is 0 Å². The van der Waals surface area contributed by atoms with E-state index in [2.05, 4.69) is 36.1 Å². The van der Waals surface area contributed by atoms with E-state index >= 15 is 0 Å². The molecule has 0 radical (unpaired) electrons. The smallest absolute Gasteiger partial charge is 0.337 e. The van der Waals surface area contributed by atoms with Crippen LogP contribution in [0.2, 0.25) is 0 Å². The standard InChI is InChI=1S/C11H12.C9H7NO2/c1-2-3-5-8-11-9-6-4-7-10-11;1-2-6-4-3-5-7(8(6)10)9(11)12/h1,4,6-7,9-10H,3,5,8H2;1,3-5H,10H2,(H,11,12). The Morgan fingerprint density at radius 2 is 1.78 bits per heavy atom. The van der Waals surface area contributed by atoms with Crippen molar-refractivity contribution in [1.29, 1.82) is 0 Å². The second kappa shape index (κ2) is 9.71. The number of carbonyl (C=O) groups is 1. The van der Waals surface area contributed by atoms with Gasteiger partial charge < -0.3 is 10.8 Å². The molecule has 3 heteroatoms. The fourth-order valence-corrected chi connectivity index (χ4v) is 1.92. The molecule has 3 N–H and O–H groups in total. The Morgan fingerprint density at radius 3 is 2.35 bits per heavy atom. The molecular formula is C20H19NO2. The molecule has 23 heavy (non-hydrogen) atoms. The number of unbranched alkanes of at least 4 members (excludes halogenated alkanes) is 1. The van der Waals surface area contributed by atoms with Crippen molar-refractivity contribution < 1.29 is 9.90 Å². The van der Waals surface area contributed by atoms with E-state index in [9.17, 15) is 4.79 Å². The third-order valence-corrected chi connectivity index (χ3v) is 3.12. The van der Waals surface area contributed by atoms with Crippen LogP contribution in [0.4, 0.5) is 5.69 Å². The van der Waals surface area contributed by atoms with Crippen LogP contribution < -0.4 is 5.73 Å². The Balaban J connectivity index is 0.000000231. The van der Waals surface area contributed by atoms with Crippen LogP contribution in [0.5, 0.6) is 0 Å². The molecule has 0 bridgehead atoms. The average Bonchev–Trinajstić information content (AvgIpc) is 2.57. The third-order valence-electron chi connectivity index (χ3n) is 3.12. The largest absolute Gasteiger partial charge is 0.478 e. The van der Waals surface area contributed by atoms with Crippen LogP contribution in [0.15, 0.2) is 48.5 Å². The molecule has 0 saturated heterocycles. The lowest BCUT2D eigenvalue weighted by molar-refractivity contribution is 0.0698. The highest BCUT2D eigenvalue weighted by atomic mass is 16.4. The lowest BCUT2D eigenvalue weighted by Gasteiger charge is -2.01. The number of aryl methyl sites for hydroxylation is 1. The number of hydrogen-bond acceptors (Lipinski definition) is 2.